The molecule has 1 nitrogen and oxygen atoms in total. The summed E-state index contributed by atoms with van der Waals surface area (Å²) in [6.45, 7) is 0. The molecular formula is C13H9BrCl2FN. The molecule has 0 saturated carbocycles. The second-order valence-electron chi connectivity index (χ2n) is 3.85. The van der Waals surface area contributed by atoms with Crippen molar-refractivity contribution in [3.63, 3.8) is 0 Å². The van der Waals surface area contributed by atoms with E-state index in [0.29, 0.717) is 15.6 Å². The SMILES string of the molecule is NC(c1cc(Cl)cc(Br)c1)c1cc(F)ccc1Cl. The number of hydrogen-bond acceptors (Lipinski definition) is 1. The first-order valence-corrected chi connectivity index (χ1v) is 6.69. The molecule has 0 aliphatic rings. The normalized spacial score (nSPS) is 12.5. The van der Waals surface area contributed by atoms with Crippen LogP contribution in [-0.2, 0) is 0 Å². The van der Waals surface area contributed by atoms with Crippen LogP contribution < -0.4 is 5.73 Å². The van der Waals surface area contributed by atoms with Gasteiger partial charge in [0.05, 0.1) is 6.04 Å². The molecule has 0 radical (unpaired) electrons. The summed E-state index contributed by atoms with van der Waals surface area (Å²) in [5.74, 6) is -0.369. The molecule has 0 heterocycles. The van der Waals surface area contributed by atoms with E-state index in [9.17, 15) is 4.39 Å². The lowest BCUT2D eigenvalue weighted by Crippen LogP contribution is -2.12. The van der Waals surface area contributed by atoms with Crippen molar-refractivity contribution in [1.82, 2.24) is 0 Å². The van der Waals surface area contributed by atoms with Crippen LogP contribution in [0.15, 0.2) is 40.9 Å². The molecule has 0 aromatic heterocycles. The van der Waals surface area contributed by atoms with E-state index in [1.54, 1.807) is 12.1 Å². The van der Waals surface area contributed by atoms with Crippen LogP contribution >= 0.6 is 39.1 Å². The molecule has 1 atom stereocenters. The van der Waals surface area contributed by atoms with E-state index < -0.39 is 6.04 Å². The van der Waals surface area contributed by atoms with E-state index in [0.717, 1.165) is 10.0 Å². The Hall–Kier alpha value is -0.610. The van der Waals surface area contributed by atoms with Crippen molar-refractivity contribution in [1.29, 1.82) is 0 Å². The lowest BCUT2D eigenvalue weighted by Gasteiger charge is -2.15. The number of hydrogen-bond donors (Lipinski definition) is 1. The summed E-state index contributed by atoms with van der Waals surface area (Å²) in [7, 11) is 0. The van der Waals surface area contributed by atoms with Crippen molar-refractivity contribution >= 4 is 39.1 Å². The van der Waals surface area contributed by atoms with Gasteiger partial charge in [-0.3, -0.25) is 0 Å². The smallest absolute Gasteiger partial charge is 0.123 e. The molecule has 1 unspecified atom stereocenters. The van der Waals surface area contributed by atoms with E-state index in [-0.39, 0.29) is 5.82 Å². The number of nitrogens with two attached hydrogens (primary N) is 1. The molecule has 0 amide bonds. The zero-order valence-corrected chi connectivity index (χ0v) is 12.2. The summed E-state index contributed by atoms with van der Waals surface area (Å²) in [6, 6.07) is 8.92. The fourth-order valence-electron chi connectivity index (χ4n) is 1.69. The van der Waals surface area contributed by atoms with Crippen LogP contribution in [-0.4, -0.2) is 0 Å². The van der Waals surface area contributed by atoms with Gasteiger partial charge >= 0.3 is 0 Å². The Morgan fingerprint density at radius 1 is 1.11 bits per heavy atom. The van der Waals surface area contributed by atoms with Gasteiger partial charge in [-0.25, -0.2) is 4.39 Å². The molecule has 5 heteroatoms. The predicted octanol–water partition coefficient (Wildman–Crippen LogP) is 4.94. The Morgan fingerprint density at radius 3 is 2.50 bits per heavy atom. The number of benzene rings is 2. The molecule has 0 spiro atoms. The van der Waals surface area contributed by atoms with Crippen molar-refractivity contribution in [2.75, 3.05) is 0 Å². The molecule has 94 valence electrons. The Bertz CT molecular complexity index is 569. The van der Waals surface area contributed by atoms with E-state index in [4.69, 9.17) is 28.9 Å². The summed E-state index contributed by atoms with van der Waals surface area (Å²) in [4.78, 5) is 0. The minimum absolute atomic E-state index is 0.369. The van der Waals surface area contributed by atoms with Crippen molar-refractivity contribution < 1.29 is 4.39 Å². The van der Waals surface area contributed by atoms with Crippen LogP contribution in [0.3, 0.4) is 0 Å². The topological polar surface area (TPSA) is 26.0 Å². The highest BCUT2D eigenvalue weighted by Gasteiger charge is 2.14. The molecule has 2 rings (SSSR count). The third-order valence-electron chi connectivity index (χ3n) is 2.54. The van der Waals surface area contributed by atoms with E-state index >= 15 is 0 Å². The summed E-state index contributed by atoms with van der Waals surface area (Å²) in [5, 5.41) is 0.988. The monoisotopic (exact) mass is 347 g/mol. The predicted molar refractivity (Wildman–Crippen MR) is 76.6 cm³/mol. The van der Waals surface area contributed by atoms with Gasteiger partial charge in [-0.1, -0.05) is 39.1 Å². The van der Waals surface area contributed by atoms with Gasteiger partial charge in [-0.2, -0.15) is 0 Å². The van der Waals surface area contributed by atoms with Gasteiger partial charge in [0.2, 0.25) is 0 Å². The summed E-state index contributed by atoms with van der Waals surface area (Å²) >= 11 is 15.3. The largest absolute Gasteiger partial charge is 0.320 e. The van der Waals surface area contributed by atoms with Gasteiger partial charge in [0, 0.05) is 14.5 Å². The quantitative estimate of drug-likeness (QED) is 0.816. The zero-order valence-electron chi connectivity index (χ0n) is 9.13. The molecule has 2 aromatic rings. The van der Waals surface area contributed by atoms with Crippen molar-refractivity contribution in [3.8, 4) is 0 Å². The maximum Gasteiger partial charge on any atom is 0.123 e. The van der Waals surface area contributed by atoms with Gasteiger partial charge in [0.15, 0.2) is 0 Å². The average Bonchev–Trinajstić information content (AvgIpc) is 2.30. The summed E-state index contributed by atoms with van der Waals surface area (Å²) in [6.07, 6.45) is 0. The number of halogens is 4. The fraction of sp³-hybridized carbons (Fsp3) is 0.0769. The van der Waals surface area contributed by atoms with Crippen LogP contribution in [0.4, 0.5) is 4.39 Å². The van der Waals surface area contributed by atoms with Crippen molar-refractivity contribution in [2.24, 2.45) is 5.73 Å². The highest BCUT2D eigenvalue weighted by molar-refractivity contribution is 9.10. The number of rotatable bonds is 2. The molecule has 2 N–H and O–H groups in total. The minimum Gasteiger partial charge on any atom is -0.320 e. The Kier molecular flexibility index (Phi) is 4.28. The second kappa shape index (κ2) is 5.57. The minimum atomic E-state index is -0.525. The Balaban J connectivity index is 2.47. The zero-order chi connectivity index (χ0) is 13.3. The molecule has 0 bridgehead atoms. The third kappa shape index (κ3) is 3.04. The lowest BCUT2D eigenvalue weighted by atomic mass is 9.99. The average molecular weight is 349 g/mol. The van der Waals surface area contributed by atoms with Gasteiger partial charge < -0.3 is 5.73 Å². The first-order chi connectivity index (χ1) is 8.47. The van der Waals surface area contributed by atoms with Crippen LogP contribution in [0.2, 0.25) is 10.0 Å². The molecule has 18 heavy (non-hydrogen) atoms. The molecule has 0 saturated heterocycles. The molecule has 2 aromatic carbocycles. The third-order valence-corrected chi connectivity index (χ3v) is 3.56. The first-order valence-electron chi connectivity index (χ1n) is 5.14. The molecule has 0 aliphatic carbocycles. The first kappa shape index (κ1) is 13.8. The Labute approximate surface area is 123 Å². The van der Waals surface area contributed by atoms with Crippen LogP contribution in [0.5, 0.6) is 0 Å². The van der Waals surface area contributed by atoms with Gasteiger partial charge in [0.1, 0.15) is 5.82 Å². The molecule has 0 aliphatic heterocycles. The highest BCUT2D eigenvalue weighted by Crippen LogP contribution is 2.30. The summed E-state index contributed by atoms with van der Waals surface area (Å²) in [5.41, 5.74) is 7.39. The maximum absolute atomic E-state index is 13.2. The van der Waals surface area contributed by atoms with Crippen LogP contribution in [0.25, 0.3) is 0 Å². The summed E-state index contributed by atoms with van der Waals surface area (Å²) < 4.78 is 14.0. The van der Waals surface area contributed by atoms with E-state index in [2.05, 4.69) is 15.9 Å². The highest BCUT2D eigenvalue weighted by atomic mass is 79.9. The van der Waals surface area contributed by atoms with Gasteiger partial charge in [-0.05, 0) is 47.5 Å². The van der Waals surface area contributed by atoms with E-state index in [1.807, 2.05) is 6.07 Å². The van der Waals surface area contributed by atoms with Crippen molar-refractivity contribution in [2.45, 2.75) is 6.04 Å². The van der Waals surface area contributed by atoms with Gasteiger partial charge in [-0.15, -0.1) is 0 Å². The second-order valence-corrected chi connectivity index (χ2v) is 5.61. The Morgan fingerprint density at radius 2 is 1.83 bits per heavy atom. The van der Waals surface area contributed by atoms with Crippen molar-refractivity contribution in [3.05, 3.63) is 67.9 Å². The standard InChI is InChI=1S/C13H9BrCl2FN/c14-8-3-7(4-9(15)5-8)13(18)11-6-10(17)1-2-12(11)16/h1-6,13H,18H2. The lowest BCUT2D eigenvalue weighted by molar-refractivity contribution is 0.623. The van der Waals surface area contributed by atoms with E-state index in [1.165, 1.54) is 18.2 Å². The fourth-order valence-corrected chi connectivity index (χ4v) is 2.81. The van der Waals surface area contributed by atoms with Crippen LogP contribution in [0, 0.1) is 5.82 Å². The molecule has 0 fully saturated rings. The van der Waals surface area contributed by atoms with Crippen LogP contribution in [0.1, 0.15) is 17.2 Å². The maximum atomic E-state index is 13.2. The molecular weight excluding hydrogens is 340 g/mol. The van der Waals surface area contributed by atoms with Gasteiger partial charge in [0.25, 0.3) is 0 Å².